The van der Waals surface area contributed by atoms with Crippen LogP contribution < -0.4 is 4.74 Å². The van der Waals surface area contributed by atoms with Gasteiger partial charge in [-0.05, 0) is 60.4 Å². The van der Waals surface area contributed by atoms with E-state index in [9.17, 15) is 0 Å². The second kappa shape index (κ2) is 7.29. The predicted molar refractivity (Wildman–Crippen MR) is 99.0 cm³/mol. The van der Waals surface area contributed by atoms with Crippen molar-refractivity contribution in [1.29, 1.82) is 0 Å². The lowest BCUT2D eigenvalue weighted by Crippen LogP contribution is -2.36. The van der Waals surface area contributed by atoms with E-state index in [4.69, 9.17) is 9.15 Å². The highest BCUT2D eigenvalue weighted by atomic mass is 16.5. The molecule has 0 radical (unpaired) electrons. The lowest BCUT2D eigenvalue weighted by atomic mass is 9.75. The van der Waals surface area contributed by atoms with Crippen LogP contribution in [0.25, 0.3) is 5.57 Å². The summed E-state index contributed by atoms with van der Waals surface area (Å²) in [6, 6.07) is 12.1. The summed E-state index contributed by atoms with van der Waals surface area (Å²) in [5.41, 5.74) is 1.97. The molecule has 0 aliphatic heterocycles. The van der Waals surface area contributed by atoms with Crippen molar-refractivity contribution < 1.29 is 9.15 Å². The molecular weight excluding hydrogens is 296 g/mol. The van der Waals surface area contributed by atoms with Crippen molar-refractivity contribution in [2.24, 2.45) is 17.8 Å². The van der Waals surface area contributed by atoms with Gasteiger partial charge in [0.05, 0.1) is 6.26 Å². The summed E-state index contributed by atoms with van der Waals surface area (Å²) in [5.74, 6) is 3.84. The van der Waals surface area contributed by atoms with Gasteiger partial charge < -0.3 is 9.15 Å². The summed E-state index contributed by atoms with van der Waals surface area (Å²) in [5, 5.41) is 0. The van der Waals surface area contributed by atoms with Gasteiger partial charge in [-0.1, -0.05) is 45.9 Å². The molecule has 0 bridgehead atoms. The fourth-order valence-corrected chi connectivity index (χ4v) is 3.75. The number of ether oxygens (including phenoxy) is 1. The van der Waals surface area contributed by atoms with Gasteiger partial charge in [-0.2, -0.15) is 0 Å². The number of benzene rings is 1. The van der Waals surface area contributed by atoms with Crippen LogP contribution in [0.5, 0.6) is 5.75 Å². The summed E-state index contributed by atoms with van der Waals surface area (Å²) in [7, 11) is 0. The molecule has 1 heterocycles. The minimum atomic E-state index is 0.327. The van der Waals surface area contributed by atoms with E-state index in [1.807, 2.05) is 12.1 Å². The van der Waals surface area contributed by atoms with Crippen molar-refractivity contribution in [3.8, 4) is 5.75 Å². The van der Waals surface area contributed by atoms with Crippen LogP contribution in [0.2, 0.25) is 0 Å². The Bertz CT molecular complexity index is 652. The third-order valence-corrected chi connectivity index (χ3v) is 5.27. The maximum atomic E-state index is 6.37. The molecule has 1 aromatic carbocycles. The molecule has 0 unspecified atom stereocenters. The van der Waals surface area contributed by atoms with Crippen LogP contribution in [-0.2, 0) is 0 Å². The van der Waals surface area contributed by atoms with Crippen LogP contribution in [0.15, 0.2) is 53.7 Å². The van der Waals surface area contributed by atoms with Crippen LogP contribution in [0.4, 0.5) is 0 Å². The minimum absolute atomic E-state index is 0.327. The Morgan fingerprint density at radius 2 is 1.92 bits per heavy atom. The van der Waals surface area contributed by atoms with Gasteiger partial charge in [-0.3, -0.25) is 0 Å². The average Bonchev–Trinajstić information content (AvgIpc) is 3.09. The highest BCUT2D eigenvalue weighted by molar-refractivity contribution is 5.75. The molecule has 3 rings (SSSR count). The summed E-state index contributed by atoms with van der Waals surface area (Å²) in [6.45, 7) is 11.1. The molecule has 1 saturated carbocycles. The lowest BCUT2D eigenvalue weighted by Gasteiger charge is -2.37. The topological polar surface area (TPSA) is 22.4 Å². The Morgan fingerprint density at radius 3 is 2.54 bits per heavy atom. The highest BCUT2D eigenvalue weighted by Crippen LogP contribution is 2.36. The van der Waals surface area contributed by atoms with E-state index in [2.05, 4.69) is 51.6 Å². The molecule has 1 aliphatic carbocycles. The predicted octanol–water partition coefficient (Wildman–Crippen LogP) is 6.18. The molecular formula is C22H28O2. The summed E-state index contributed by atoms with van der Waals surface area (Å²) in [4.78, 5) is 0. The molecule has 2 heteroatoms. The van der Waals surface area contributed by atoms with E-state index in [1.54, 1.807) is 6.26 Å². The van der Waals surface area contributed by atoms with Crippen molar-refractivity contribution in [3.63, 3.8) is 0 Å². The normalized spacial score (nSPS) is 24.1. The second-order valence-electron chi connectivity index (χ2n) is 7.46. The Kier molecular flexibility index (Phi) is 5.13. The standard InChI is InChI=1S/C22H28O2/c1-15(2)20-12-7-16(3)14-22(20)24-19-10-8-18(9-11-19)17(4)21-6-5-13-23-21/h5-6,8-11,13,15-16,20,22H,4,7,12,14H2,1-3H3/t16-,20+,22-/m1/s1. The van der Waals surface area contributed by atoms with Crippen LogP contribution in [0, 0.1) is 17.8 Å². The van der Waals surface area contributed by atoms with Gasteiger partial charge in [0.2, 0.25) is 0 Å². The zero-order valence-corrected chi connectivity index (χ0v) is 15.0. The fraction of sp³-hybridized carbons (Fsp3) is 0.455. The first-order valence-corrected chi connectivity index (χ1v) is 9.04. The molecule has 0 N–H and O–H groups in total. The Hall–Kier alpha value is -1.96. The lowest BCUT2D eigenvalue weighted by molar-refractivity contribution is 0.0460. The van der Waals surface area contributed by atoms with Crippen LogP contribution in [0.1, 0.15) is 51.4 Å². The number of rotatable bonds is 5. The van der Waals surface area contributed by atoms with Gasteiger partial charge in [0, 0.05) is 5.57 Å². The van der Waals surface area contributed by atoms with Crippen LogP contribution in [0.3, 0.4) is 0 Å². The molecule has 3 atom stereocenters. The Balaban J connectivity index is 1.70. The minimum Gasteiger partial charge on any atom is -0.490 e. The number of hydrogen-bond acceptors (Lipinski definition) is 2. The molecule has 2 nitrogen and oxygen atoms in total. The number of furan rings is 1. The summed E-state index contributed by atoms with van der Waals surface area (Å²) < 4.78 is 11.8. The first-order chi connectivity index (χ1) is 11.5. The molecule has 0 spiro atoms. The summed E-state index contributed by atoms with van der Waals surface area (Å²) in [6.07, 6.45) is 5.76. The van der Waals surface area contributed by atoms with E-state index in [-0.39, 0.29) is 0 Å². The molecule has 0 amide bonds. The van der Waals surface area contributed by atoms with Gasteiger partial charge in [0.15, 0.2) is 0 Å². The van der Waals surface area contributed by atoms with Crippen LogP contribution >= 0.6 is 0 Å². The number of hydrogen-bond donors (Lipinski definition) is 0. The first-order valence-electron chi connectivity index (χ1n) is 9.04. The quantitative estimate of drug-likeness (QED) is 0.655. The maximum Gasteiger partial charge on any atom is 0.133 e. The summed E-state index contributed by atoms with van der Waals surface area (Å²) >= 11 is 0. The largest absolute Gasteiger partial charge is 0.490 e. The maximum absolute atomic E-state index is 6.37. The highest BCUT2D eigenvalue weighted by Gasteiger charge is 2.32. The average molecular weight is 324 g/mol. The zero-order valence-electron chi connectivity index (χ0n) is 15.0. The monoisotopic (exact) mass is 324 g/mol. The van der Waals surface area contributed by atoms with Crippen molar-refractivity contribution in [2.75, 3.05) is 0 Å². The van der Waals surface area contributed by atoms with E-state index in [1.165, 1.54) is 12.8 Å². The molecule has 128 valence electrons. The fourth-order valence-electron chi connectivity index (χ4n) is 3.75. The van der Waals surface area contributed by atoms with E-state index >= 15 is 0 Å². The van der Waals surface area contributed by atoms with Gasteiger partial charge in [0.1, 0.15) is 17.6 Å². The van der Waals surface area contributed by atoms with Gasteiger partial charge in [0.25, 0.3) is 0 Å². The second-order valence-corrected chi connectivity index (χ2v) is 7.46. The van der Waals surface area contributed by atoms with Crippen molar-refractivity contribution in [2.45, 2.75) is 46.1 Å². The Morgan fingerprint density at radius 1 is 1.17 bits per heavy atom. The van der Waals surface area contributed by atoms with Gasteiger partial charge >= 0.3 is 0 Å². The zero-order chi connectivity index (χ0) is 17.1. The molecule has 0 saturated heterocycles. The van der Waals surface area contributed by atoms with Crippen molar-refractivity contribution in [1.82, 2.24) is 0 Å². The molecule has 2 aromatic rings. The van der Waals surface area contributed by atoms with Crippen molar-refractivity contribution in [3.05, 3.63) is 60.6 Å². The third kappa shape index (κ3) is 3.75. The SMILES string of the molecule is C=C(c1ccc(O[C@@H]2C[C@H](C)CC[C@H]2C(C)C)cc1)c1ccco1. The van der Waals surface area contributed by atoms with Crippen LogP contribution in [-0.4, -0.2) is 6.10 Å². The molecule has 1 fully saturated rings. The van der Waals surface area contributed by atoms with Gasteiger partial charge in [-0.25, -0.2) is 0 Å². The van der Waals surface area contributed by atoms with E-state index < -0.39 is 0 Å². The third-order valence-electron chi connectivity index (χ3n) is 5.27. The van der Waals surface area contributed by atoms with E-state index in [0.29, 0.717) is 17.9 Å². The first kappa shape index (κ1) is 16.9. The smallest absolute Gasteiger partial charge is 0.133 e. The molecule has 1 aliphatic rings. The van der Waals surface area contributed by atoms with E-state index in [0.717, 1.165) is 35.0 Å². The Labute approximate surface area is 145 Å². The molecule has 24 heavy (non-hydrogen) atoms. The van der Waals surface area contributed by atoms with Crippen molar-refractivity contribution >= 4 is 5.57 Å². The van der Waals surface area contributed by atoms with Gasteiger partial charge in [-0.15, -0.1) is 0 Å². The molecule has 1 aromatic heterocycles.